The Morgan fingerprint density at radius 3 is 2.74 bits per heavy atom. The molecule has 0 saturated carbocycles. The maximum atomic E-state index is 12.2. The maximum Gasteiger partial charge on any atom is 0.264 e. The molecule has 6 nitrogen and oxygen atoms in total. The summed E-state index contributed by atoms with van der Waals surface area (Å²) in [7, 11) is 0. The molecule has 2 N–H and O–H groups in total. The molecule has 1 aromatic heterocycles. The number of carbonyl (C=O) groups is 1. The van der Waals surface area contributed by atoms with Crippen LogP contribution < -0.4 is 15.4 Å². The van der Waals surface area contributed by atoms with E-state index in [9.17, 15) is 4.79 Å². The number of oxazole rings is 1. The van der Waals surface area contributed by atoms with Gasteiger partial charge in [0.25, 0.3) is 5.91 Å². The van der Waals surface area contributed by atoms with Crippen molar-refractivity contribution in [3.05, 3.63) is 76.3 Å². The van der Waals surface area contributed by atoms with Crippen LogP contribution in [-0.2, 0) is 4.79 Å². The second kappa shape index (κ2) is 11.1. The molecule has 4 rings (SSSR count). The summed E-state index contributed by atoms with van der Waals surface area (Å²) in [6, 6.07) is 18.3. The molecule has 4 aromatic rings. The largest absolute Gasteiger partial charge is 0.482 e. The van der Waals surface area contributed by atoms with Crippen molar-refractivity contribution in [1.82, 2.24) is 10.3 Å². The minimum absolute atomic E-state index is 0.133. The van der Waals surface area contributed by atoms with E-state index in [1.165, 1.54) is 11.6 Å². The molecule has 9 heteroatoms. The number of benzene rings is 3. The van der Waals surface area contributed by atoms with Crippen LogP contribution in [0, 0.1) is 0 Å². The topological polar surface area (TPSA) is 76.4 Å². The van der Waals surface area contributed by atoms with Gasteiger partial charge in [-0.15, -0.1) is 0 Å². The van der Waals surface area contributed by atoms with Crippen LogP contribution in [0.4, 0.5) is 5.69 Å². The molecule has 1 heterocycles. The van der Waals surface area contributed by atoms with E-state index in [0.29, 0.717) is 33.3 Å². The van der Waals surface area contributed by atoms with E-state index in [1.807, 2.05) is 30.3 Å². The van der Waals surface area contributed by atoms with Crippen molar-refractivity contribution in [2.75, 3.05) is 11.9 Å². The van der Waals surface area contributed by atoms with Crippen LogP contribution in [0.15, 0.2) is 65.1 Å². The van der Waals surface area contributed by atoms with Gasteiger partial charge in [0.15, 0.2) is 17.3 Å². The van der Waals surface area contributed by atoms with Crippen LogP contribution in [0.2, 0.25) is 10.0 Å². The van der Waals surface area contributed by atoms with Crippen LogP contribution >= 0.6 is 35.4 Å². The first-order chi connectivity index (χ1) is 16.8. The summed E-state index contributed by atoms with van der Waals surface area (Å²) in [4.78, 5) is 16.9. The molecule has 0 aliphatic rings. The number of rotatable bonds is 7. The lowest BCUT2D eigenvalue weighted by atomic mass is 9.98. The molecule has 35 heavy (non-hydrogen) atoms. The number of fused-ring (bicyclic) bond motifs is 1. The lowest BCUT2D eigenvalue weighted by Crippen LogP contribution is -2.37. The fourth-order valence-electron chi connectivity index (χ4n) is 3.40. The Kier molecular flexibility index (Phi) is 7.90. The predicted octanol–water partition coefficient (Wildman–Crippen LogP) is 7.21. The average Bonchev–Trinajstić information content (AvgIpc) is 3.26. The van der Waals surface area contributed by atoms with Crippen LogP contribution in [-0.4, -0.2) is 22.6 Å². The summed E-state index contributed by atoms with van der Waals surface area (Å²) in [6.45, 7) is 4.10. The Bertz CT molecular complexity index is 1390. The summed E-state index contributed by atoms with van der Waals surface area (Å²) < 4.78 is 11.4. The van der Waals surface area contributed by atoms with E-state index >= 15 is 0 Å². The number of anilines is 1. The molecular weight excluding hydrogens is 505 g/mol. The Balaban J connectivity index is 1.38. The van der Waals surface area contributed by atoms with Gasteiger partial charge < -0.3 is 14.5 Å². The summed E-state index contributed by atoms with van der Waals surface area (Å²) in [6.07, 6.45) is 1.06. The number of hydrogen-bond acceptors (Lipinski definition) is 5. The number of amides is 1. The fourth-order valence-corrected chi connectivity index (χ4v) is 4.10. The smallest absolute Gasteiger partial charge is 0.264 e. The SMILES string of the molecule is CCC(C)c1ccc2oc(-c3cccc(NC(=S)NC(=O)COc4ccc(Cl)cc4Cl)c3)nc2c1. The predicted molar refractivity (Wildman–Crippen MR) is 144 cm³/mol. The fraction of sp³-hybridized carbons (Fsp3) is 0.192. The summed E-state index contributed by atoms with van der Waals surface area (Å²) in [5, 5.41) is 6.51. The lowest BCUT2D eigenvalue weighted by molar-refractivity contribution is -0.121. The zero-order chi connectivity index (χ0) is 24.9. The van der Waals surface area contributed by atoms with Gasteiger partial charge in [0.1, 0.15) is 11.3 Å². The van der Waals surface area contributed by atoms with Crippen molar-refractivity contribution in [3.63, 3.8) is 0 Å². The number of carbonyl (C=O) groups excluding carboxylic acids is 1. The summed E-state index contributed by atoms with van der Waals surface area (Å²) in [5.41, 5.74) is 4.25. The van der Waals surface area contributed by atoms with E-state index in [2.05, 4.69) is 41.6 Å². The van der Waals surface area contributed by atoms with Crippen molar-refractivity contribution in [2.24, 2.45) is 0 Å². The third-order valence-corrected chi connectivity index (χ3v) is 6.20. The second-order valence-electron chi connectivity index (χ2n) is 8.00. The van der Waals surface area contributed by atoms with Crippen molar-refractivity contribution in [2.45, 2.75) is 26.2 Å². The number of aromatic nitrogens is 1. The average molecular weight is 528 g/mol. The Labute approximate surface area is 218 Å². The third kappa shape index (κ3) is 6.31. The minimum atomic E-state index is -0.430. The lowest BCUT2D eigenvalue weighted by Gasteiger charge is -2.11. The maximum absolute atomic E-state index is 12.2. The third-order valence-electron chi connectivity index (χ3n) is 5.47. The quantitative estimate of drug-likeness (QED) is 0.247. The molecule has 3 aromatic carbocycles. The van der Waals surface area contributed by atoms with Crippen LogP contribution in [0.1, 0.15) is 31.7 Å². The highest BCUT2D eigenvalue weighted by Gasteiger charge is 2.13. The number of hydrogen-bond donors (Lipinski definition) is 2. The first kappa shape index (κ1) is 25.0. The van der Waals surface area contributed by atoms with E-state index in [4.69, 9.17) is 44.6 Å². The van der Waals surface area contributed by atoms with Gasteiger partial charge in [-0.25, -0.2) is 4.98 Å². The first-order valence-corrected chi connectivity index (χ1v) is 12.2. The number of ether oxygens (including phenoxy) is 1. The molecule has 1 amide bonds. The van der Waals surface area contributed by atoms with Crippen molar-refractivity contribution >= 4 is 63.2 Å². The number of nitrogens with zero attached hydrogens (tertiary/aromatic N) is 1. The molecule has 180 valence electrons. The molecule has 0 radical (unpaired) electrons. The highest BCUT2D eigenvalue weighted by Crippen LogP contribution is 2.29. The van der Waals surface area contributed by atoms with Crippen LogP contribution in [0.5, 0.6) is 5.75 Å². The van der Waals surface area contributed by atoms with Gasteiger partial charge >= 0.3 is 0 Å². The van der Waals surface area contributed by atoms with Crippen LogP contribution in [0.3, 0.4) is 0 Å². The molecule has 1 unspecified atom stereocenters. The molecule has 0 aliphatic carbocycles. The van der Waals surface area contributed by atoms with Crippen molar-refractivity contribution < 1.29 is 13.9 Å². The standard InChI is InChI=1S/C26H23Cl2N3O3S/c1-3-15(2)16-7-9-23-21(12-16)30-25(34-23)17-5-4-6-19(11-17)29-26(35)31-24(32)14-33-22-10-8-18(27)13-20(22)28/h4-13,15H,3,14H2,1-2H3,(H2,29,31,32,35). The highest BCUT2D eigenvalue weighted by molar-refractivity contribution is 7.80. The van der Waals surface area contributed by atoms with Gasteiger partial charge in [-0.05, 0) is 78.7 Å². The van der Waals surface area contributed by atoms with Crippen molar-refractivity contribution in [3.8, 4) is 17.2 Å². The van der Waals surface area contributed by atoms with Gasteiger partial charge in [0.2, 0.25) is 5.89 Å². The van der Waals surface area contributed by atoms with Gasteiger partial charge in [0, 0.05) is 16.3 Å². The van der Waals surface area contributed by atoms with E-state index in [-0.39, 0.29) is 11.7 Å². The molecule has 0 saturated heterocycles. The minimum Gasteiger partial charge on any atom is -0.482 e. The molecule has 0 bridgehead atoms. The number of nitrogens with one attached hydrogen (secondary N) is 2. The van der Waals surface area contributed by atoms with E-state index < -0.39 is 5.91 Å². The van der Waals surface area contributed by atoms with Gasteiger partial charge in [-0.1, -0.05) is 49.2 Å². The summed E-state index contributed by atoms with van der Waals surface area (Å²) >= 11 is 17.2. The molecular formula is C26H23Cl2N3O3S. The molecule has 0 fully saturated rings. The van der Waals surface area contributed by atoms with Gasteiger partial charge in [-0.2, -0.15) is 0 Å². The highest BCUT2D eigenvalue weighted by atomic mass is 35.5. The zero-order valence-corrected chi connectivity index (χ0v) is 21.4. The zero-order valence-electron chi connectivity index (χ0n) is 19.1. The van der Waals surface area contributed by atoms with E-state index in [0.717, 1.165) is 23.1 Å². The molecule has 1 atom stereocenters. The van der Waals surface area contributed by atoms with Crippen molar-refractivity contribution in [1.29, 1.82) is 0 Å². The number of thiocarbonyl (C=S) groups is 1. The van der Waals surface area contributed by atoms with Crippen LogP contribution in [0.25, 0.3) is 22.6 Å². The molecule has 0 spiro atoms. The monoisotopic (exact) mass is 527 g/mol. The van der Waals surface area contributed by atoms with Gasteiger partial charge in [0.05, 0.1) is 5.02 Å². The number of halogens is 2. The molecule has 0 aliphatic heterocycles. The second-order valence-corrected chi connectivity index (χ2v) is 9.25. The van der Waals surface area contributed by atoms with Gasteiger partial charge in [-0.3, -0.25) is 10.1 Å². The normalized spacial score (nSPS) is 11.8. The summed E-state index contributed by atoms with van der Waals surface area (Å²) in [5.74, 6) is 0.887. The Morgan fingerprint density at radius 2 is 1.97 bits per heavy atom. The van der Waals surface area contributed by atoms with E-state index in [1.54, 1.807) is 12.1 Å². The first-order valence-electron chi connectivity index (χ1n) is 11.0. The Morgan fingerprint density at radius 1 is 1.14 bits per heavy atom. The Hall–Kier alpha value is -3.13.